The van der Waals surface area contributed by atoms with Gasteiger partial charge in [-0.15, -0.1) is 0 Å². The van der Waals surface area contributed by atoms with Gasteiger partial charge < -0.3 is 9.66 Å². The van der Waals surface area contributed by atoms with Crippen molar-refractivity contribution in [1.29, 1.82) is 0 Å². The van der Waals surface area contributed by atoms with Gasteiger partial charge in [0.15, 0.2) is 8.77 Å². The van der Waals surface area contributed by atoms with Crippen LogP contribution in [0.4, 0.5) is 0 Å². The van der Waals surface area contributed by atoms with E-state index in [-0.39, 0.29) is 0 Å². The molecule has 6 heteroatoms. The summed E-state index contributed by atoms with van der Waals surface area (Å²) >= 11 is 3.89. The van der Waals surface area contributed by atoms with E-state index >= 15 is 0 Å². The molecule has 0 aromatic carbocycles. The first-order valence-corrected chi connectivity index (χ1v) is 4.19. The SMILES string of the molecule is C=C(C(=O)O)S(=O)(O)=S. The molecule has 1 unspecified atom stereocenters. The van der Waals surface area contributed by atoms with Crippen molar-refractivity contribution in [2.24, 2.45) is 0 Å². The molecular formula is C3H4O4S2. The van der Waals surface area contributed by atoms with E-state index in [4.69, 9.17) is 9.66 Å². The number of rotatable bonds is 2. The smallest absolute Gasteiger partial charge is 0.346 e. The molecule has 0 aliphatic carbocycles. The fraction of sp³-hybridized carbons (Fsp3) is 0. The second kappa shape index (κ2) is 2.42. The lowest BCUT2D eigenvalue weighted by Crippen LogP contribution is -2.08. The van der Waals surface area contributed by atoms with Crippen molar-refractivity contribution in [3.05, 3.63) is 11.5 Å². The minimum atomic E-state index is -3.76. The van der Waals surface area contributed by atoms with Crippen molar-refractivity contribution < 1.29 is 18.7 Å². The Labute approximate surface area is 56.7 Å². The number of aliphatic carboxylic acids is 1. The van der Waals surface area contributed by atoms with E-state index in [0.717, 1.165) is 0 Å². The van der Waals surface area contributed by atoms with E-state index in [1.165, 1.54) is 0 Å². The number of carboxylic acid groups (broad SMARTS) is 1. The van der Waals surface area contributed by atoms with Crippen molar-refractivity contribution in [2.45, 2.75) is 0 Å². The van der Waals surface area contributed by atoms with E-state index in [1.54, 1.807) is 0 Å². The van der Waals surface area contributed by atoms with Gasteiger partial charge >= 0.3 is 5.97 Å². The van der Waals surface area contributed by atoms with Gasteiger partial charge in [-0.25, -0.2) is 9.00 Å². The maximum absolute atomic E-state index is 10.2. The van der Waals surface area contributed by atoms with Gasteiger partial charge in [0.2, 0.25) is 0 Å². The summed E-state index contributed by atoms with van der Waals surface area (Å²) in [7, 11) is -3.76. The normalized spacial score (nSPS) is 16.1. The molecular weight excluding hydrogens is 164 g/mol. The lowest BCUT2D eigenvalue weighted by atomic mass is 10.7. The lowest BCUT2D eigenvalue weighted by molar-refractivity contribution is -0.131. The Balaban J connectivity index is 4.66. The first kappa shape index (κ1) is 8.54. The van der Waals surface area contributed by atoms with Gasteiger partial charge in [-0.1, -0.05) is 6.58 Å². The summed E-state index contributed by atoms with van der Waals surface area (Å²) in [6.45, 7) is 2.80. The topological polar surface area (TPSA) is 74.6 Å². The summed E-state index contributed by atoms with van der Waals surface area (Å²) in [4.78, 5) is 8.99. The molecule has 0 aliphatic heterocycles. The van der Waals surface area contributed by atoms with Crippen LogP contribution in [0.3, 0.4) is 0 Å². The zero-order chi connectivity index (χ0) is 7.65. The van der Waals surface area contributed by atoms with Gasteiger partial charge in [0.25, 0.3) is 0 Å². The van der Waals surface area contributed by atoms with Crippen LogP contribution in [0, 0.1) is 0 Å². The van der Waals surface area contributed by atoms with Crippen LogP contribution in [0.1, 0.15) is 0 Å². The largest absolute Gasteiger partial charge is 0.477 e. The third-order valence-electron chi connectivity index (χ3n) is 0.550. The molecule has 9 heavy (non-hydrogen) atoms. The standard InChI is InChI=1S/C3H4O4S2/c1-2(3(4)5)9(6,7)8/h1H2,(H,4,5)(H,6,7,8). The summed E-state index contributed by atoms with van der Waals surface area (Å²) < 4.78 is 18.5. The Bertz CT molecular complexity index is 237. The zero-order valence-corrected chi connectivity index (χ0v) is 5.87. The van der Waals surface area contributed by atoms with Gasteiger partial charge in [0, 0.05) is 11.2 Å². The van der Waals surface area contributed by atoms with E-state index in [2.05, 4.69) is 17.8 Å². The number of hydrogen-bond acceptors (Lipinski definition) is 3. The highest BCUT2D eigenvalue weighted by atomic mass is 32.8. The molecule has 4 nitrogen and oxygen atoms in total. The molecule has 0 heterocycles. The van der Waals surface area contributed by atoms with Gasteiger partial charge in [0.05, 0.1) is 0 Å². The first-order chi connectivity index (χ1) is 3.85. The molecule has 0 spiro atoms. The molecule has 0 radical (unpaired) electrons. The predicted octanol–water partition coefficient (Wildman–Crippen LogP) is -0.196. The molecule has 0 saturated carbocycles. The number of carboxylic acids is 1. The van der Waals surface area contributed by atoms with Crippen LogP contribution >= 0.6 is 0 Å². The van der Waals surface area contributed by atoms with Gasteiger partial charge in [-0.05, 0) is 0 Å². The average molecular weight is 168 g/mol. The molecule has 0 saturated heterocycles. The quantitative estimate of drug-likeness (QED) is 0.559. The Kier molecular flexibility index (Phi) is 2.30. The fourth-order valence-electron chi connectivity index (χ4n) is 0.110. The minimum Gasteiger partial charge on any atom is -0.477 e. The third-order valence-corrected chi connectivity index (χ3v) is 1.95. The fourth-order valence-corrected chi connectivity index (χ4v) is 0.545. The second-order valence-corrected chi connectivity index (χ2v) is 4.00. The maximum atomic E-state index is 10.2. The van der Waals surface area contributed by atoms with Crippen molar-refractivity contribution in [2.75, 3.05) is 0 Å². The van der Waals surface area contributed by atoms with Gasteiger partial charge in [-0.2, -0.15) is 0 Å². The highest BCUT2D eigenvalue weighted by Crippen LogP contribution is 1.99. The van der Waals surface area contributed by atoms with Crippen LogP contribution < -0.4 is 0 Å². The van der Waals surface area contributed by atoms with E-state index < -0.39 is 19.6 Å². The molecule has 2 N–H and O–H groups in total. The number of carbonyl (C=O) groups is 1. The van der Waals surface area contributed by atoms with Gasteiger partial charge in [-0.3, -0.25) is 0 Å². The van der Waals surface area contributed by atoms with Crippen LogP contribution in [0.25, 0.3) is 0 Å². The van der Waals surface area contributed by atoms with Crippen LogP contribution in [-0.2, 0) is 24.8 Å². The van der Waals surface area contributed by atoms with E-state index in [1.807, 2.05) is 0 Å². The summed E-state index contributed by atoms with van der Waals surface area (Å²) in [6, 6.07) is 0. The highest BCUT2D eigenvalue weighted by molar-refractivity contribution is 8.32. The molecule has 0 aromatic rings. The van der Waals surface area contributed by atoms with Gasteiger partial charge in [0.1, 0.15) is 4.91 Å². The monoisotopic (exact) mass is 168 g/mol. The van der Waals surface area contributed by atoms with Crippen molar-refractivity contribution in [3.63, 3.8) is 0 Å². The molecule has 0 amide bonds. The highest BCUT2D eigenvalue weighted by Gasteiger charge is 2.13. The summed E-state index contributed by atoms with van der Waals surface area (Å²) in [5.74, 6) is -1.54. The Morgan fingerprint density at radius 3 is 2.00 bits per heavy atom. The Morgan fingerprint density at radius 1 is 1.67 bits per heavy atom. The van der Waals surface area contributed by atoms with E-state index in [9.17, 15) is 9.00 Å². The summed E-state index contributed by atoms with van der Waals surface area (Å²) in [5.41, 5.74) is 0. The van der Waals surface area contributed by atoms with Crippen LogP contribution in [0.2, 0.25) is 0 Å². The van der Waals surface area contributed by atoms with Crippen molar-refractivity contribution >= 4 is 25.9 Å². The van der Waals surface area contributed by atoms with E-state index in [0.29, 0.717) is 0 Å². The average Bonchev–Trinajstić information content (AvgIpc) is 1.62. The lowest BCUT2D eigenvalue weighted by Gasteiger charge is -1.94. The first-order valence-electron chi connectivity index (χ1n) is 1.75. The molecule has 52 valence electrons. The van der Waals surface area contributed by atoms with Crippen LogP contribution in [0.5, 0.6) is 0 Å². The second-order valence-electron chi connectivity index (χ2n) is 1.20. The van der Waals surface area contributed by atoms with Crippen molar-refractivity contribution in [1.82, 2.24) is 0 Å². The molecule has 0 aliphatic rings. The maximum Gasteiger partial charge on any atom is 0.346 e. The third kappa shape index (κ3) is 2.54. The Morgan fingerprint density at radius 2 is 2.00 bits per heavy atom. The van der Waals surface area contributed by atoms with Crippen LogP contribution in [-0.4, -0.2) is 19.8 Å². The summed E-state index contributed by atoms with van der Waals surface area (Å²) in [6.07, 6.45) is 0. The van der Waals surface area contributed by atoms with Crippen LogP contribution in [0.15, 0.2) is 11.5 Å². The summed E-state index contributed by atoms with van der Waals surface area (Å²) in [5, 5.41) is 8.01. The molecule has 0 rings (SSSR count). The zero-order valence-electron chi connectivity index (χ0n) is 4.23. The van der Waals surface area contributed by atoms with Crippen molar-refractivity contribution in [3.8, 4) is 0 Å². The molecule has 1 atom stereocenters. The molecule has 0 fully saturated rings. The Hall–Kier alpha value is -0.460. The number of hydrogen-bond donors (Lipinski definition) is 2. The molecule has 0 aromatic heterocycles. The molecule has 0 bridgehead atoms. The predicted molar refractivity (Wildman–Crippen MR) is 34.9 cm³/mol. The minimum absolute atomic E-state index is 0.850.